The van der Waals surface area contributed by atoms with Gasteiger partial charge in [-0.15, -0.1) is 10.2 Å². The summed E-state index contributed by atoms with van der Waals surface area (Å²) in [7, 11) is 0. The zero-order chi connectivity index (χ0) is 14.5. The maximum atomic E-state index is 5.75. The van der Waals surface area contributed by atoms with Crippen LogP contribution in [0.25, 0.3) is 0 Å². The first-order chi connectivity index (χ1) is 10.3. The van der Waals surface area contributed by atoms with Gasteiger partial charge in [0.1, 0.15) is 18.5 Å². The second-order valence-electron chi connectivity index (χ2n) is 4.67. The van der Waals surface area contributed by atoms with Gasteiger partial charge in [0.2, 0.25) is 5.88 Å². The number of benzene rings is 1. The molecule has 0 spiro atoms. The Labute approximate surface area is 127 Å². The SMILES string of the molecule is Clc1ccc(OCCc2ccccc2OCC2CO2)nn1. The number of epoxide rings is 1. The third-order valence-electron chi connectivity index (χ3n) is 3.03. The van der Waals surface area contributed by atoms with Crippen LogP contribution in [-0.2, 0) is 11.2 Å². The molecule has 1 aromatic carbocycles. The Bertz CT molecular complexity index is 588. The van der Waals surface area contributed by atoms with Gasteiger partial charge in [-0.2, -0.15) is 0 Å². The maximum Gasteiger partial charge on any atom is 0.233 e. The van der Waals surface area contributed by atoms with Crippen molar-refractivity contribution in [2.24, 2.45) is 0 Å². The molecule has 1 fully saturated rings. The summed E-state index contributed by atoms with van der Waals surface area (Å²) in [6.07, 6.45) is 0.977. The fourth-order valence-electron chi connectivity index (χ4n) is 1.84. The van der Waals surface area contributed by atoms with E-state index in [0.717, 1.165) is 24.3 Å². The molecular formula is C15H15ClN2O3. The van der Waals surface area contributed by atoms with Gasteiger partial charge in [0.15, 0.2) is 5.15 Å². The standard InChI is InChI=1S/C15H15ClN2O3/c16-14-5-6-15(18-17-14)19-8-7-11-3-1-2-4-13(11)21-10-12-9-20-12/h1-6,12H,7-10H2. The highest BCUT2D eigenvalue weighted by Crippen LogP contribution is 2.21. The summed E-state index contributed by atoms with van der Waals surface area (Å²) in [5.74, 6) is 1.34. The molecule has 0 amide bonds. The molecule has 1 atom stereocenters. The number of halogens is 1. The Kier molecular flexibility index (Phi) is 4.52. The minimum Gasteiger partial charge on any atom is -0.491 e. The van der Waals surface area contributed by atoms with Crippen LogP contribution in [0.5, 0.6) is 11.6 Å². The van der Waals surface area contributed by atoms with E-state index >= 15 is 0 Å². The lowest BCUT2D eigenvalue weighted by Gasteiger charge is -2.11. The molecule has 2 heterocycles. The van der Waals surface area contributed by atoms with Gasteiger partial charge in [-0.3, -0.25) is 0 Å². The van der Waals surface area contributed by atoms with Crippen molar-refractivity contribution < 1.29 is 14.2 Å². The number of ether oxygens (including phenoxy) is 3. The Morgan fingerprint density at radius 1 is 1.14 bits per heavy atom. The third kappa shape index (κ3) is 4.31. The Balaban J connectivity index is 1.52. The second-order valence-corrected chi connectivity index (χ2v) is 5.05. The number of rotatable bonds is 7. The van der Waals surface area contributed by atoms with E-state index in [2.05, 4.69) is 10.2 Å². The van der Waals surface area contributed by atoms with Crippen LogP contribution in [0, 0.1) is 0 Å². The summed E-state index contributed by atoms with van der Waals surface area (Å²) in [6, 6.07) is 11.3. The molecule has 0 N–H and O–H groups in total. The Hall–Kier alpha value is -1.85. The van der Waals surface area contributed by atoms with Crippen LogP contribution in [0.4, 0.5) is 0 Å². The summed E-state index contributed by atoms with van der Waals surface area (Å²) in [5.41, 5.74) is 1.10. The van der Waals surface area contributed by atoms with Crippen molar-refractivity contribution in [3.63, 3.8) is 0 Å². The minimum absolute atomic E-state index is 0.249. The lowest BCUT2D eigenvalue weighted by atomic mass is 10.1. The van der Waals surface area contributed by atoms with Crippen LogP contribution < -0.4 is 9.47 Å². The molecule has 1 aromatic heterocycles. The summed E-state index contributed by atoms with van der Waals surface area (Å²) < 4.78 is 16.4. The molecule has 110 valence electrons. The minimum atomic E-state index is 0.249. The normalized spacial score (nSPS) is 16.5. The first-order valence-corrected chi connectivity index (χ1v) is 7.13. The molecule has 0 aliphatic carbocycles. The molecule has 1 aliphatic heterocycles. The maximum absolute atomic E-state index is 5.75. The molecule has 1 unspecified atom stereocenters. The number of nitrogens with zero attached hydrogens (tertiary/aromatic N) is 2. The molecule has 21 heavy (non-hydrogen) atoms. The van der Waals surface area contributed by atoms with Crippen LogP contribution in [0.3, 0.4) is 0 Å². The van der Waals surface area contributed by atoms with Gasteiger partial charge < -0.3 is 14.2 Å². The van der Waals surface area contributed by atoms with Gasteiger partial charge in [0.05, 0.1) is 13.2 Å². The van der Waals surface area contributed by atoms with Crippen molar-refractivity contribution >= 4 is 11.6 Å². The topological polar surface area (TPSA) is 56.8 Å². The predicted octanol–water partition coefficient (Wildman–Crippen LogP) is 2.53. The average molecular weight is 307 g/mol. The van der Waals surface area contributed by atoms with E-state index in [1.165, 1.54) is 0 Å². The zero-order valence-electron chi connectivity index (χ0n) is 11.4. The van der Waals surface area contributed by atoms with Gasteiger partial charge >= 0.3 is 0 Å². The fraction of sp³-hybridized carbons (Fsp3) is 0.333. The first-order valence-electron chi connectivity index (χ1n) is 6.75. The molecule has 0 radical (unpaired) electrons. The van der Waals surface area contributed by atoms with Gasteiger partial charge in [-0.1, -0.05) is 29.8 Å². The molecule has 6 heteroatoms. The van der Waals surface area contributed by atoms with E-state index in [1.54, 1.807) is 12.1 Å². The number of aromatic nitrogens is 2. The monoisotopic (exact) mass is 306 g/mol. The van der Waals surface area contributed by atoms with E-state index in [0.29, 0.717) is 24.2 Å². The summed E-state index contributed by atoms with van der Waals surface area (Å²) >= 11 is 5.67. The van der Waals surface area contributed by atoms with E-state index in [9.17, 15) is 0 Å². The Morgan fingerprint density at radius 3 is 2.76 bits per heavy atom. The van der Waals surface area contributed by atoms with E-state index < -0.39 is 0 Å². The van der Waals surface area contributed by atoms with Crippen LogP contribution in [0.1, 0.15) is 5.56 Å². The number of para-hydroxylation sites is 1. The largest absolute Gasteiger partial charge is 0.491 e. The highest BCUT2D eigenvalue weighted by Gasteiger charge is 2.23. The molecule has 5 nitrogen and oxygen atoms in total. The van der Waals surface area contributed by atoms with Crippen LogP contribution in [0.2, 0.25) is 5.15 Å². The molecule has 1 aliphatic rings. The van der Waals surface area contributed by atoms with Crippen molar-refractivity contribution in [1.29, 1.82) is 0 Å². The third-order valence-corrected chi connectivity index (χ3v) is 3.23. The Morgan fingerprint density at radius 2 is 2.00 bits per heavy atom. The van der Waals surface area contributed by atoms with E-state index in [-0.39, 0.29) is 6.10 Å². The van der Waals surface area contributed by atoms with Crippen LogP contribution >= 0.6 is 11.6 Å². The van der Waals surface area contributed by atoms with Crippen molar-refractivity contribution in [3.05, 3.63) is 47.1 Å². The summed E-state index contributed by atoms with van der Waals surface area (Å²) in [5, 5.41) is 7.93. The number of hydrogen-bond acceptors (Lipinski definition) is 5. The summed E-state index contributed by atoms with van der Waals surface area (Å²) in [4.78, 5) is 0. The molecular weight excluding hydrogens is 292 g/mol. The van der Waals surface area contributed by atoms with Crippen LogP contribution in [0.15, 0.2) is 36.4 Å². The highest BCUT2D eigenvalue weighted by molar-refractivity contribution is 6.29. The molecule has 0 bridgehead atoms. The lowest BCUT2D eigenvalue weighted by molar-refractivity contribution is 0.258. The number of hydrogen-bond donors (Lipinski definition) is 0. The second kappa shape index (κ2) is 6.74. The van der Waals surface area contributed by atoms with Gasteiger partial charge in [0, 0.05) is 12.5 Å². The molecule has 2 aromatic rings. The quantitative estimate of drug-likeness (QED) is 0.736. The van der Waals surface area contributed by atoms with Crippen LogP contribution in [-0.4, -0.2) is 36.1 Å². The fourth-order valence-corrected chi connectivity index (χ4v) is 1.95. The molecule has 0 saturated carbocycles. The summed E-state index contributed by atoms with van der Waals surface area (Å²) in [6.45, 7) is 1.89. The average Bonchev–Trinajstić information content (AvgIpc) is 3.33. The molecule has 3 rings (SSSR count). The smallest absolute Gasteiger partial charge is 0.233 e. The first kappa shape index (κ1) is 14.1. The van der Waals surface area contributed by atoms with E-state index in [4.69, 9.17) is 25.8 Å². The van der Waals surface area contributed by atoms with Crippen molar-refractivity contribution in [1.82, 2.24) is 10.2 Å². The zero-order valence-corrected chi connectivity index (χ0v) is 12.1. The molecule has 1 saturated heterocycles. The van der Waals surface area contributed by atoms with Crippen molar-refractivity contribution in [2.45, 2.75) is 12.5 Å². The highest BCUT2D eigenvalue weighted by atomic mass is 35.5. The van der Waals surface area contributed by atoms with Gasteiger partial charge in [-0.05, 0) is 17.7 Å². The lowest BCUT2D eigenvalue weighted by Crippen LogP contribution is -2.08. The van der Waals surface area contributed by atoms with Gasteiger partial charge in [-0.25, -0.2) is 0 Å². The van der Waals surface area contributed by atoms with Crippen molar-refractivity contribution in [2.75, 3.05) is 19.8 Å². The van der Waals surface area contributed by atoms with Crippen molar-refractivity contribution in [3.8, 4) is 11.6 Å². The van der Waals surface area contributed by atoms with E-state index in [1.807, 2.05) is 24.3 Å². The predicted molar refractivity (Wildman–Crippen MR) is 77.9 cm³/mol. The van der Waals surface area contributed by atoms with Gasteiger partial charge in [0.25, 0.3) is 0 Å².